The van der Waals surface area contributed by atoms with E-state index in [0.717, 1.165) is 0 Å². The van der Waals surface area contributed by atoms with Crippen molar-refractivity contribution in [3.63, 3.8) is 0 Å². The minimum absolute atomic E-state index is 0.316. The van der Waals surface area contributed by atoms with Gasteiger partial charge >= 0.3 is 5.69 Å². The van der Waals surface area contributed by atoms with Crippen molar-refractivity contribution in [2.45, 2.75) is 0 Å². The molecular weight excluding hydrogens is 179 g/mol. The Morgan fingerprint density at radius 3 is 3.00 bits per heavy atom. The predicted molar refractivity (Wildman–Crippen MR) is 44.0 cm³/mol. The van der Waals surface area contributed by atoms with Gasteiger partial charge in [0.05, 0.1) is 21.8 Å². The van der Waals surface area contributed by atoms with E-state index in [9.17, 15) is 14.5 Å². The summed E-state index contributed by atoms with van der Waals surface area (Å²) in [5.41, 5.74) is 4.14. The van der Waals surface area contributed by atoms with Crippen LogP contribution >= 0.6 is 0 Å². The van der Waals surface area contributed by atoms with Crippen LogP contribution in [0.4, 0.5) is 15.8 Å². The van der Waals surface area contributed by atoms with Crippen molar-refractivity contribution >= 4 is 11.4 Å². The first-order valence-corrected chi connectivity index (χ1v) is 3.13. The van der Waals surface area contributed by atoms with Gasteiger partial charge in [0.25, 0.3) is 0 Å². The monoisotopic (exact) mass is 189 g/mol. The summed E-state index contributed by atoms with van der Waals surface area (Å²) >= 11 is 0. The van der Waals surface area contributed by atoms with Crippen molar-refractivity contribution in [2.75, 3.05) is 12.8 Å². The summed E-state index contributed by atoms with van der Waals surface area (Å²) in [5.74, 6) is -1.67. The van der Waals surface area contributed by atoms with Gasteiger partial charge in [-0.15, -0.1) is 0 Å². The molecule has 6 heteroatoms. The van der Waals surface area contributed by atoms with Crippen LogP contribution in [0.1, 0.15) is 4.11 Å². The quantitative estimate of drug-likeness (QED) is 0.432. The number of rotatable bonds is 2. The van der Waals surface area contributed by atoms with E-state index in [1.807, 2.05) is 0 Å². The van der Waals surface area contributed by atoms with E-state index < -0.39 is 29.2 Å². The second kappa shape index (κ2) is 3.26. The van der Waals surface area contributed by atoms with Gasteiger partial charge < -0.3 is 10.5 Å². The molecule has 5 nitrogen and oxygen atoms in total. The number of hydrogen-bond acceptors (Lipinski definition) is 4. The predicted octanol–water partition coefficient (Wildman–Crippen LogP) is 1.32. The van der Waals surface area contributed by atoms with Crippen molar-refractivity contribution in [1.29, 1.82) is 0 Å². The largest absolute Gasteiger partial charge is 0.494 e. The molecule has 70 valence electrons. The van der Waals surface area contributed by atoms with Gasteiger partial charge in [-0.05, 0) is 0 Å². The Labute approximate surface area is 77.3 Å². The second-order valence-electron chi connectivity index (χ2n) is 2.20. The number of benzene rings is 1. The fraction of sp³-hybridized carbons (Fsp3) is 0.143. The van der Waals surface area contributed by atoms with Gasteiger partial charge in [-0.25, -0.2) is 0 Å². The Kier molecular flexibility index (Phi) is 1.44. The maximum atomic E-state index is 13.1. The summed E-state index contributed by atoms with van der Waals surface area (Å²) in [6, 6.07) is 1.27. The zero-order chi connectivity index (χ0) is 12.5. The smallest absolute Gasteiger partial charge is 0.307 e. The highest BCUT2D eigenvalue weighted by Crippen LogP contribution is 2.28. The van der Waals surface area contributed by atoms with Gasteiger partial charge in [0, 0.05) is 12.1 Å². The average Bonchev–Trinajstić information content (AvgIpc) is 2.07. The first-order chi connectivity index (χ1) is 7.20. The lowest BCUT2D eigenvalue weighted by Crippen LogP contribution is -1.98. The van der Waals surface area contributed by atoms with Gasteiger partial charge in [0.1, 0.15) is 5.75 Å². The van der Waals surface area contributed by atoms with Gasteiger partial charge in [-0.2, -0.15) is 4.39 Å². The minimum Gasteiger partial charge on any atom is -0.494 e. The Morgan fingerprint density at radius 2 is 2.46 bits per heavy atom. The van der Waals surface area contributed by atoms with Crippen LogP contribution in [0.3, 0.4) is 0 Å². The Bertz CT molecular complexity index is 436. The molecule has 0 spiro atoms. The van der Waals surface area contributed by atoms with E-state index in [1.54, 1.807) is 0 Å². The summed E-state index contributed by atoms with van der Waals surface area (Å²) in [5, 5.41) is 10.3. The van der Waals surface area contributed by atoms with E-state index in [-0.39, 0.29) is 5.69 Å². The van der Waals surface area contributed by atoms with Crippen LogP contribution in [-0.4, -0.2) is 12.0 Å². The van der Waals surface area contributed by atoms with Crippen molar-refractivity contribution in [2.24, 2.45) is 0 Å². The Morgan fingerprint density at radius 1 is 1.77 bits per heavy atom. The third-order valence-electron chi connectivity index (χ3n) is 1.39. The molecule has 0 saturated carbocycles. The SMILES string of the molecule is [2H]C([2H])([2H])Oc1cc(F)c([N+](=O)[O-])cc1N. The number of halogens is 1. The fourth-order valence-corrected chi connectivity index (χ4v) is 0.788. The highest BCUT2D eigenvalue weighted by molar-refractivity contribution is 5.58. The van der Waals surface area contributed by atoms with Crippen LogP contribution in [-0.2, 0) is 0 Å². The molecule has 0 unspecified atom stereocenters. The molecule has 0 saturated heterocycles. The fourth-order valence-electron chi connectivity index (χ4n) is 0.788. The van der Waals surface area contributed by atoms with E-state index in [1.165, 1.54) is 0 Å². The minimum atomic E-state index is -2.79. The van der Waals surface area contributed by atoms with Gasteiger partial charge in [0.2, 0.25) is 5.82 Å². The molecule has 1 rings (SSSR count). The van der Waals surface area contributed by atoms with Gasteiger partial charge in [-0.3, -0.25) is 10.1 Å². The van der Waals surface area contributed by atoms with Crippen LogP contribution in [0.5, 0.6) is 5.75 Å². The third-order valence-corrected chi connectivity index (χ3v) is 1.39. The summed E-state index contributed by atoms with van der Waals surface area (Å²) in [4.78, 5) is 9.36. The number of nitro benzene ring substituents is 1. The molecule has 0 bridgehead atoms. The third kappa shape index (κ3) is 1.66. The first-order valence-electron chi connectivity index (χ1n) is 4.63. The maximum absolute atomic E-state index is 13.1. The number of ether oxygens (including phenoxy) is 1. The number of nitrogens with two attached hydrogens (primary N) is 1. The van der Waals surface area contributed by atoms with E-state index in [4.69, 9.17) is 9.85 Å². The molecule has 0 aliphatic rings. The summed E-state index contributed by atoms with van der Waals surface area (Å²) in [6.07, 6.45) is 0. The van der Waals surface area contributed by atoms with Crippen LogP contribution < -0.4 is 10.5 Å². The molecule has 1 aromatic rings. The first kappa shape index (κ1) is 5.74. The number of nitrogens with zero attached hydrogens (tertiary/aromatic N) is 1. The van der Waals surface area contributed by atoms with Crippen LogP contribution in [0.15, 0.2) is 12.1 Å². The van der Waals surface area contributed by atoms with E-state index in [2.05, 4.69) is 4.74 Å². The molecule has 0 heterocycles. The number of hydrogen-bond donors (Lipinski definition) is 1. The average molecular weight is 189 g/mol. The van der Waals surface area contributed by atoms with Crippen LogP contribution in [0.25, 0.3) is 0 Å². The second-order valence-corrected chi connectivity index (χ2v) is 2.20. The highest BCUT2D eigenvalue weighted by Gasteiger charge is 2.16. The van der Waals surface area contributed by atoms with Crippen LogP contribution in [0, 0.1) is 15.9 Å². The number of methoxy groups -OCH3 is 1. The summed E-state index contributed by atoms with van der Waals surface area (Å²) in [7, 11) is -2.79. The highest BCUT2D eigenvalue weighted by atomic mass is 19.1. The summed E-state index contributed by atoms with van der Waals surface area (Å²) < 4.78 is 37.8. The van der Waals surface area contributed by atoms with E-state index >= 15 is 0 Å². The molecular formula is C7H7FN2O3. The molecule has 13 heavy (non-hydrogen) atoms. The topological polar surface area (TPSA) is 78.4 Å². The molecule has 2 N–H and O–H groups in total. The lowest BCUT2D eigenvalue weighted by molar-refractivity contribution is -0.387. The van der Waals surface area contributed by atoms with Crippen molar-refractivity contribution < 1.29 is 18.2 Å². The molecule has 0 atom stereocenters. The van der Waals surface area contributed by atoms with Crippen molar-refractivity contribution in [1.82, 2.24) is 0 Å². The molecule has 0 aliphatic heterocycles. The van der Waals surface area contributed by atoms with Crippen molar-refractivity contribution in [3.05, 3.63) is 28.1 Å². The Balaban J connectivity index is 3.16. The molecule has 1 aromatic carbocycles. The lowest BCUT2D eigenvalue weighted by Gasteiger charge is -2.03. The summed E-state index contributed by atoms with van der Waals surface area (Å²) in [6.45, 7) is 0. The standard InChI is InChI=1S/C7H7FN2O3/c1-13-7-2-4(8)6(10(11)12)3-5(7)9/h2-3H,9H2,1H3/i1D3. The molecule has 0 aromatic heterocycles. The Hall–Kier alpha value is -1.85. The molecule has 0 aliphatic carbocycles. The zero-order valence-electron chi connectivity index (χ0n) is 9.28. The van der Waals surface area contributed by atoms with Crippen LogP contribution in [0.2, 0.25) is 0 Å². The van der Waals surface area contributed by atoms with Crippen molar-refractivity contribution in [3.8, 4) is 5.75 Å². The molecule has 0 fully saturated rings. The van der Waals surface area contributed by atoms with Gasteiger partial charge in [-0.1, -0.05) is 0 Å². The maximum Gasteiger partial charge on any atom is 0.307 e. The molecule has 0 amide bonds. The number of nitrogen functional groups attached to an aromatic ring is 1. The number of anilines is 1. The normalized spacial score (nSPS) is 14.1. The number of nitro groups is 1. The molecule has 0 radical (unpaired) electrons. The van der Waals surface area contributed by atoms with E-state index in [0.29, 0.717) is 12.1 Å². The lowest BCUT2D eigenvalue weighted by atomic mass is 10.2. The van der Waals surface area contributed by atoms with Gasteiger partial charge in [0.15, 0.2) is 0 Å². The zero-order valence-corrected chi connectivity index (χ0v) is 6.28.